The normalized spacial score (nSPS) is 21.1. The van der Waals surface area contributed by atoms with Gasteiger partial charge in [-0.05, 0) is 69.4 Å². The number of nitrogens with zero attached hydrogens (tertiary/aromatic N) is 1. The molecule has 0 saturated carbocycles. The quantitative estimate of drug-likeness (QED) is 0.442. The monoisotopic (exact) mass is 495 g/mol. The number of ether oxygens (including phenoxy) is 5. The second kappa shape index (κ2) is 11.8. The van der Waals surface area contributed by atoms with Crippen molar-refractivity contribution in [3.05, 3.63) is 77.7 Å². The Morgan fingerprint density at radius 3 is 2.81 bits per heavy atom. The summed E-state index contributed by atoms with van der Waals surface area (Å²) in [5.41, 5.74) is 2.90. The zero-order valence-corrected chi connectivity index (χ0v) is 21.7. The van der Waals surface area contributed by atoms with E-state index in [-0.39, 0.29) is 18.2 Å². The van der Waals surface area contributed by atoms with Gasteiger partial charge in [0, 0.05) is 19.6 Å². The number of benzene rings is 1. The van der Waals surface area contributed by atoms with Crippen molar-refractivity contribution in [1.82, 2.24) is 4.90 Å². The summed E-state index contributed by atoms with van der Waals surface area (Å²) in [4.78, 5) is 14.4. The zero-order chi connectivity index (χ0) is 25.5. The molecule has 0 amide bonds. The van der Waals surface area contributed by atoms with Crippen molar-refractivity contribution in [2.75, 3.05) is 26.2 Å². The zero-order valence-electron chi connectivity index (χ0n) is 21.7. The summed E-state index contributed by atoms with van der Waals surface area (Å²) in [6.45, 7) is 10.6. The summed E-state index contributed by atoms with van der Waals surface area (Å²) in [6, 6.07) is 6.10. The minimum atomic E-state index is -0.460. The van der Waals surface area contributed by atoms with Crippen LogP contribution < -0.4 is 4.74 Å². The van der Waals surface area contributed by atoms with Crippen molar-refractivity contribution in [2.24, 2.45) is 0 Å². The number of morpholine rings is 1. The predicted molar refractivity (Wildman–Crippen MR) is 137 cm³/mol. The first-order chi connectivity index (χ1) is 17.3. The maximum absolute atomic E-state index is 12.1. The van der Waals surface area contributed by atoms with E-state index in [9.17, 15) is 4.79 Å². The average molecular weight is 496 g/mol. The van der Waals surface area contributed by atoms with Gasteiger partial charge in [-0.15, -0.1) is 0 Å². The van der Waals surface area contributed by atoms with Gasteiger partial charge >= 0.3 is 5.97 Å². The molecule has 3 aliphatic rings. The SMILES string of the molecule is Cc1cc(OC(C2=CC=CCC2)C2=COC=CO2)ccc1C1CN(CCC(=O)OC(C)(C)C)CCO1. The highest BCUT2D eigenvalue weighted by Gasteiger charge is 2.27. The highest BCUT2D eigenvalue weighted by molar-refractivity contribution is 5.70. The van der Waals surface area contributed by atoms with Gasteiger partial charge in [-0.2, -0.15) is 0 Å². The Morgan fingerprint density at radius 1 is 1.25 bits per heavy atom. The van der Waals surface area contributed by atoms with Gasteiger partial charge in [-0.1, -0.05) is 24.3 Å². The first-order valence-corrected chi connectivity index (χ1v) is 12.6. The second-order valence-electron chi connectivity index (χ2n) is 10.3. The van der Waals surface area contributed by atoms with E-state index >= 15 is 0 Å². The van der Waals surface area contributed by atoms with Gasteiger partial charge in [0.1, 0.15) is 30.1 Å². The van der Waals surface area contributed by atoms with E-state index in [4.69, 9.17) is 23.7 Å². The molecule has 1 aliphatic carbocycles. The van der Waals surface area contributed by atoms with Crippen LogP contribution in [0.2, 0.25) is 0 Å². The lowest BCUT2D eigenvalue weighted by Gasteiger charge is -2.34. The predicted octanol–water partition coefficient (Wildman–Crippen LogP) is 5.48. The van der Waals surface area contributed by atoms with Crippen LogP contribution in [0.5, 0.6) is 5.75 Å². The Balaban J connectivity index is 1.40. The molecule has 2 atom stereocenters. The van der Waals surface area contributed by atoms with Crippen LogP contribution in [0.1, 0.15) is 57.3 Å². The minimum Gasteiger partial charge on any atom is -0.478 e. The summed E-state index contributed by atoms with van der Waals surface area (Å²) in [5, 5.41) is 0. The molecule has 7 heteroatoms. The van der Waals surface area contributed by atoms with E-state index in [0.29, 0.717) is 25.3 Å². The Kier molecular flexibility index (Phi) is 8.54. The fourth-order valence-corrected chi connectivity index (χ4v) is 4.51. The van der Waals surface area contributed by atoms with E-state index in [1.165, 1.54) is 12.5 Å². The third kappa shape index (κ3) is 7.24. The molecule has 0 radical (unpaired) electrons. The van der Waals surface area contributed by atoms with Crippen LogP contribution >= 0.6 is 0 Å². The molecule has 2 aliphatic heterocycles. The van der Waals surface area contributed by atoms with Gasteiger partial charge < -0.3 is 23.7 Å². The first kappa shape index (κ1) is 26.0. The summed E-state index contributed by atoms with van der Waals surface area (Å²) in [5.74, 6) is 1.21. The number of rotatable bonds is 8. The molecular formula is C29H37NO6. The molecule has 0 spiro atoms. The van der Waals surface area contributed by atoms with Crippen molar-refractivity contribution in [1.29, 1.82) is 0 Å². The van der Waals surface area contributed by atoms with E-state index in [2.05, 4.69) is 36.1 Å². The second-order valence-corrected chi connectivity index (χ2v) is 10.3. The fraction of sp³-hybridized carbons (Fsp3) is 0.483. The average Bonchev–Trinajstić information content (AvgIpc) is 2.86. The summed E-state index contributed by atoms with van der Waals surface area (Å²) < 4.78 is 29.0. The molecule has 0 N–H and O–H groups in total. The number of allylic oxidation sites excluding steroid dienone is 3. The lowest BCUT2D eigenvalue weighted by Crippen LogP contribution is -2.40. The standard InChI is InChI=1S/C29H37NO6/c1-21-18-23(35-28(22-8-6-5-7-9-22)26-20-32-16-17-34-26)10-11-24(21)25-19-30(14-15-33-25)13-12-27(31)36-29(2,3)4/h5-6,8,10-11,16-18,20,25,28H,7,9,12-15,19H2,1-4H3. The number of hydrogen-bond donors (Lipinski definition) is 0. The van der Waals surface area contributed by atoms with E-state index < -0.39 is 5.60 Å². The van der Waals surface area contributed by atoms with Crippen LogP contribution in [0, 0.1) is 6.92 Å². The Bertz CT molecular complexity index is 1050. The van der Waals surface area contributed by atoms with Crippen LogP contribution in [0.4, 0.5) is 0 Å². The third-order valence-electron chi connectivity index (χ3n) is 6.21. The Morgan fingerprint density at radius 2 is 2.11 bits per heavy atom. The molecule has 1 aromatic rings. The molecule has 7 nitrogen and oxygen atoms in total. The van der Waals surface area contributed by atoms with Crippen molar-refractivity contribution in [3.63, 3.8) is 0 Å². The number of carbonyl (C=O) groups excluding carboxylic acids is 1. The number of carbonyl (C=O) groups is 1. The topological polar surface area (TPSA) is 66.5 Å². The number of hydrogen-bond acceptors (Lipinski definition) is 7. The smallest absolute Gasteiger partial charge is 0.307 e. The first-order valence-electron chi connectivity index (χ1n) is 12.6. The van der Waals surface area contributed by atoms with E-state index in [0.717, 1.165) is 48.4 Å². The molecule has 1 fully saturated rings. The lowest BCUT2D eigenvalue weighted by atomic mass is 9.98. The van der Waals surface area contributed by atoms with E-state index in [1.54, 1.807) is 6.26 Å². The summed E-state index contributed by atoms with van der Waals surface area (Å²) in [7, 11) is 0. The molecule has 1 aromatic carbocycles. The van der Waals surface area contributed by atoms with Gasteiger partial charge in [0.15, 0.2) is 11.9 Å². The van der Waals surface area contributed by atoms with Gasteiger partial charge in [0.25, 0.3) is 0 Å². The maximum atomic E-state index is 12.1. The molecule has 2 unspecified atom stereocenters. The number of esters is 1. The Hall–Kier alpha value is -3.03. The summed E-state index contributed by atoms with van der Waals surface area (Å²) >= 11 is 0. The van der Waals surface area contributed by atoms with Gasteiger partial charge in [0.05, 0.1) is 19.1 Å². The van der Waals surface area contributed by atoms with E-state index in [1.807, 2.05) is 32.9 Å². The minimum absolute atomic E-state index is 0.0589. The highest BCUT2D eigenvalue weighted by atomic mass is 16.6. The van der Waals surface area contributed by atoms with Crippen LogP contribution in [0.25, 0.3) is 0 Å². The largest absolute Gasteiger partial charge is 0.478 e. The summed E-state index contributed by atoms with van der Waals surface area (Å²) in [6.07, 6.45) is 12.7. The van der Waals surface area contributed by atoms with Gasteiger partial charge in [-0.3, -0.25) is 9.69 Å². The lowest BCUT2D eigenvalue weighted by molar-refractivity contribution is -0.155. The number of aryl methyl sites for hydroxylation is 1. The van der Waals surface area contributed by atoms with Crippen LogP contribution in [0.3, 0.4) is 0 Å². The van der Waals surface area contributed by atoms with Crippen LogP contribution in [0.15, 0.2) is 66.5 Å². The van der Waals surface area contributed by atoms with Crippen molar-refractivity contribution in [2.45, 2.75) is 64.8 Å². The molecule has 4 rings (SSSR count). The fourth-order valence-electron chi connectivity index (χ4n) is 4.51. The van der Waals surface area contributed by atoms with Crippen molar-refractivity contribution in [3.8, 4) is 5.75 Å². The van der Waals surface area contributed by atoms with Crippen molar-refractivity contribution < 1.29 is 28.5 Å². The molecule has 36 heavy (non-hydrogen) atoms. The van der Waals surface area contributed by atoms with Gasteiger partial charge in [0.2, 0.25) is 0 Å². The van der Waals surface area contributed by atoms with Gasteiger partial charge in [-0.25, -0.2) is 0 Å². The molecular weight excluding hydrogens is 458 g/mol. The van der Waals surface area contributed by atoms with Crippen LogP contribution in [-0.4, -0.2) is 48.8 Å². The molecule has 0 bridgehead atoms. The molecule has 0 aromatic heterocycles. The van der Waals surface area contributed by atoms with Crippen LogP contribution in [-0.2, 0) is 23.7 Å². The third-order valence-corrected chi connectivity index (χ3v) is 6.21. The maximum Gasteiger partial charge on any atom is 0.307 e. The highest BCUT2D eigenvalue weighted by Crippen LogP contribution is 2.32. The molecule has 2 heterocycles. The Labute approximate surface area is 214 Å². The molecule has 194 valence electrons. The van der Waals surface area contributed by atoms with Crippen molar-refractivity contribution >= 4 is 5.97 Å². The molecule has 1 saturated heterocycles.